The summed E-state index contributed by atoms with van der Waals surface area (Å²) in [6.45, 7) is 10.1. The van der Waals surface area contributed by atoms with Gasteiger partial charge in [0.1, 0.15) is 30.8 Å². The van der Waals surface area contributed by atoms with Gasteiger partial charge in [-0.05, 0) is 109 Å². The third-order valence-corrected chi connectivity index (χ3v) is 13.1. The van der Waals surface area contributed by atoms with Crippen LogP contribution in [0.3, 0.4) is 0 Å². The van der Waals surface area contributed by atoms with Gasteiger partial charge in [0.25, 0.3) is 11.4 Å². The number of benzene rings is 3. The number of nitrogens with zero attached hydrogens (tertiary/aromatic N) is 5. The van der Waals surface area contributed by atoms with Crippen molar-refractivity contribution in [3.63, 3.8) is 0 Å². The van der Waals surface area contributed by atoms with E-state index in [1.807, 2.05) is 19.1 Å². The summed E-state index contributed by atoms with van der Waals surface area (Å²) in [7, 11) is 0. The fraction of sp³-hybridized carbons (Fsp3) is 0.480. The maximum atomic E-state index is 14.8. The summed E-state index contributed by atoms with van der Waals surface area (Å²) in [5, 5.41) is 47.5. The van der Waals surface area contributed by atoms with Gasteiger partial charge in [0.05, 0.1) is 28.1 Å². The van der Waals surface area contributed by atoms with Crippen LogP contribution in [0, 0.1) is 38.0 Å². The highest BCUT2D eigenvalue weighted by atomic mass is 16.7. The molecule has 3 aromatic rings. The number of ether oxygens (including phenoxy) is 3. The number of hydrogen-bond donors (Lipinski definition) is 2. The summed E-state index contributed by atoms with van der Waals surface area (Å²) < 4.78 is 20.8. The normalized spacial score (nSPS) is 23.6. The molecule has 7 rings (SSSR count). The average molecular weight is 908 g/mol. The molecule has 3 aromatic carbocycles. The molecule has 2 N–H and O–H groups in total. The molecule has 66 heavy (non-hydrogen) atoms. The van der Waals surface area contributed by atoms with Crippen LogP contribution < -0.4 is 9.47 Å². The van der Waals surface area contributed by atoms with Crippen LogP contribution in [-0.4, -0.2) is 106 Å². The lowest BCUT2D eigenvalue weighted by molar-refractivity contribution is -0.385. The molecule has 6 atom stereocenters. The van der Waals surface area contributed by atoms with E-state index < -0.39 is 27.6 Å². The number of carbonyl (C=O) groups excluding carboxylic acids is 1. The molecule has 2 fully saturated rings. The number of amides is 1. The summed E-state index contributed by atoms with van der Waals surface area (Å²) in [6, 6.07) is 17.3. The standard InChI is InChI=1S/C50H61N5O11/c1-3-23-53(47(58)22-15-35-11-16-38(17-12-35)54(59)60)46-33-44(51-65-34-36-13-18-39(19-14-36)55(61)62)42-31-37(9-5-7-27-56)41(10-6-8-28-57)48-43-32-40(63-30-26-52-24-25-52)20-21-45(43)66-50(46,49(42)48)64-29-4-2/h4,11-22,31-32,37,41,46,48-49,56-57H,2-3,5-10,23-30,33-34H2,1H3/t37-,41+,46-,48+,49+,50+/m0/s1. The first-order valence-electron chi connectivity index (χ1n) is 23.1. The number of aliphatic hydroxyl groups excluding tert-OH is 2. The van der Waals surface area contributed by atoms with Gasteiger partial charge in [-0.25, -0.2) is 0 Å². The summed E-state index contributed by atoms with van der Waals surface area (Å²) in [4.78, 5) is 46.8. The van der Waals surface area contributed by atoms with E-state index in [0.717, 1.165) is 56.5 Å². The minimum Gasteiger partial charge on any atom is -0.492 e. The lowest BCUT2D eigenvalue weighted by atomic mass is 9.55. The van der Waals surface area contributed by atoms with Crippen molar-refractivity contribution < 1.29 is 43.9 Å². The number of oxime groups is 1. The summed E-state index contributed by atoms with van der Waals surface area (Å²) >= 11 is 0. The average Bonchev–Trinajstić information content (AvgIpc) is 4.15. The minimum atomic E-state index is -1.46. The van der Waals surface area contributed by atoms with Gasteiger partial charge in [-0.15, -0.1) is 6.58 Å². The van der Waals surface area contributed by atoms with E-state index >= 15 is 0 Å². The molecule has 16 nitrogen and oxygen atoms in total. The first-order valence-corrected chi connectivity index (χ1v) is 23.1. The van der Waals surface area contributed by atoms with E-state index in [2.05, 4.69) is 23.6 Å². The number of nitro groups is 2. The van der Waals surface area contributed by atoms with Gasteiger partial charge < -0.3 is 34.2 Å². The lowest BCUT2D eigenvalue weighted by Crippen LogP contribution is -2.70. The lowest BCUT2D eigenvalue weighted by Gasteiger charge is -2.60. The maximum Gasteiger partial charge on any atom is 0.269 e. The monoisotopic (exact) mass is 907 g/mol. The fourth-order valence-electron chi connectivity index (χ4n) is 9.85. The fourth-order valence-corrected chi connectivity index (χ4v) is 9.85. The molecule has 1 saturated heterocycles. The number of nitro benzene ring substituents is 2. The first kappa shape index (κ1) is 48.0. The van der Waals surface area contributed by atoms with Crippen LogP contribution in [0.1, 0.15) is 80.9 Å². The molecule has 0 bridgehead atoms. The van der Waals surface area contributed by atoms with Crippen LogP contribution >= 0.6 is 0 Å². The molecule has 0 aromatic heterocycles. The highest BCUT2D eigenvalue weighted by Crippen LogP contribution is 2.62. The van der Waals surface area contributed by atoms with Crippen molar-refractivity contribution in [2.45, 2.75) is 82.6 Å². The molecular weight excluding hydrogens is 847 g/mol. The Morgan fingerprint density at radius 1 is 0.985 bits per heavy atom. The molecule has 2 heterocycles. The number of hydrogen-bond acceptors (Lipinski definition) is 13. The van der Waals surface area contributed by atoms with Crippen molar-refractivity contribution >= 4 is 29.1 Å². The number of non-ortho nitro benzene ring substituents is 2. The summed E-state index contributed by atoms with van der Waals surface area (Å²) in [6.07, 6.45) is 12.2. The van der Waals surface area contributed by atoms with Crippen molar-refractivity contribution in [1.82, 2.24) is 9.80 Å². The number of unbranched alkanes of at least 4 members (excludes halogenated alkanes) is 2. The van der Waals surface area contributed by atoms with Crippen molar-refractivity contribution in [2.75, 3.05) is 52.6 Å². The van der Waals surface area contributed by atoms with Crippen LogP contribution in [0.4, 0.5) is 11.4 Å². The maximum absolute atomic E-state index is 14.8. The van der Waals surface area contributed by atoms with E-state index in [9.17, 15) is 35.2 Å². The van der Waals surface area contributed by atoms with Crippen molar-refractivity contribution in [2.24, 2.45) is 22.9 Å². The molecular formula is C50H61N5O11. The first-order chi connectivity index (χ1) is 32.1. The van der Waals surface area contributed by atoms with Crippen molar-refractivity contribution in [3.8, 4) is 11.5 Å². The van der Waals surface area contributed by atoms with Crippen LogP contribution in [0.25, 0.3) is 6.08 Å². The van der Waals surface area contributed by atoms with E-state index in [1.54, 1.807) is 41.3 Å². The largest absolute Gasteiger partial charge is 0.492 e. The second-order valence-electron chi connectivity index (χ2n) is 17.4. The molecule has 0 unspecified atom stereocenters. The van der Waals surface area contributed by atoms with E-state index in [1.165, 1.54) is 30.3 Å². The third kappa shape index (κ3) is 11.2. The third-order valence-electron chi connectivity index (χ3n) is 13.1. The molecule has 2 aliphatic carbocycles. The predicted octanol–water partition coefficient (Wildman–Crippen LogP) is 7.98. The highest BCUT2D eigenvalue weighted by molar-refractivity contribution is 6.03. The second-order valence-corrected chi connectivity index (χ2v) is 17.4. The molecule has 2 aliphatic heterocycles. The Labute approximate surface area is 385 Å². The molecule has 4 aliphatic rings. The molecule has 0 spiro atoms. The van der Waals surface area contributed by atoms with Gasteiger partial charge in [-0.3, -0.25) is 29.9 Å². The zero-order valence-corrected chi connectivity index (χ0v) is 37.6. The molecule has 1 saturated carbocycles. The van der Waals surface area contributed by atoms with E-state index in [-0.39, 0.29) is 67.9 Å². The Bertz CT molecular complexity index is 2260. The Hall–Kier alpha value is -5.94. The van der Waals surface area contributed by atoms with Crippen LogP contribution in [0.5, 0.6) is 11.5 Å². The van der Waals surface area contributed by atoms with E-state index in [0.29, 0.717) is 60.8 Å². The number of aliphatic hydroxyl groups is 2. The van der Waals surface area contributed by atoms with Gasteiger partial charge in [-0.2, -0.15) is 0 Å². The van der Waals surface area contributed by atoms with Gasteiger partial charge in [0, 0.05) is 87.6 Å². The molecule has 16 heteroatoms. The van der Waals surface area contributed by atoms with Crippen LogP contribution in [-0.2, 0) is 21.0 Å². The quantitative estimate of drug-likeness (QED) is 0.0208. The Morgan fingerprint density at radius 3 is 2.33 bits per heavy atom. The molecule has 1 amide bonds. The van der Waals surface area contributed by atoms with Gasteiger partial charge in [0.2, 0.25) is 11.7 Å². The SMILES string of the molecule is C=CCO[C@@]12Oc3ccc(OCCN4CC4)cc3[C@H]3[C@H](CCCCO)[C@@H](CCCCO)C=C(C(=NOCc4ccc([N+](=O)[O-])cc4)C[C@@H]1N(CCC)C(=O)C=Cc1ccc([N+](=O)[O-])cc1)[C@H]32. The molecule has 0 radical (unpaired) electrons. The zero-order chi connectivity index (χ0) is 46.6. The topological polar surface area (TPSA) is 199 Å². The summed E-state index contributed by atoms with van der Waals surface area (Å²) in [5.41, 5.74) is 3.64. The Balaban J connectivity index is 1.38. The van der Waals surface area contributed by atoms with Gasteiger partial charge in [-0.1, -0.05) is 37.1 Å². The van der Waals surface area contributed by atoms with Crippen molar-refractivity contribution in [1.29, 1.82) is 0 Å². The smallest absolute Gasteiger partial charge is 0.269 e. The number of fused-ring (bicyclic) bond motifs is 2. The van der Waals surface area contributed by atoms with Gasteiger partial charge >= 0.3 is 0 Å². The number of allylic oxidation sites excluding steroid dienone is 1. The summed E-state index contributed by atoms with van der Waals surface area (Å²) in [5.74, 6) is -1.19. The Morgan fingerprint density at radius 2 is 1.68 bits per heavy atom. The molecule has 352 valence electrons. The van der Waals surface area contributed by atoms with E-state index in [4.69, 9.17) is 24.2 Å². The van der Waals surface area contributed by atoms with Crippen LogP contribution in [0.2, 0.25) is 0 Å². The predicted molar refractivity (Wildman–Crippen MR) is 249 cm³/mol. The minimum absolute atomic E-state index is 0.0181. The van der Waals surface area contributed by atoms with Crippen molar-refractivity contribution in [3.05, 3.63) is 134 Å². The Kier molecular flexibility index (Phi) is 16.4. The number of carbonyl (C=O) groups is 1. The second kappa shape index (κ2) is 22.5. The highest BCUT2D eigenvalue weighted by Gasteiger charge is 2.65. The van der Waals surface area contributed by atoms with Gasteiger partial charge in [0.15, 0.2) is 0 Å². The van der Waals surface area contributed by atoms with Crippen LogP contribution in [0.15, 0.2) is 102 Å². The zero-order valence-electron chi connectivity index (χ0n) is 37.6. The number of rotatable bonds is 25.